The lowest BCUT2D eigenvalue weighted by Gasteiger charge is -2.37. The monoisotopic (exact) mass is 318 g/mol. The standard InChI is InChI=1S/C12H16BrClN2O/c13-9-6-10(14)11(15-7-9)16-12(8-17)4-2-1-3-5-12/h6-7,17H,1-5,8H2,(H,15,16). The maximum atomic E-state index is 9.61. The van der Waals surface area contributed by atoms with Crippen LogP contribution >= 0.6 is 27.5 Å². The van der Waals surface area contributed by atoms with Crippen molar-refractivity contribution in [2.75, 3.05) is 11.9 Å². The molecule has 0 aromatic carbocycles. The number of aliphatic hydroxyl groups excluding tert-OH is 1. The van der Waals surface area contributed by atoms with Crippen LogP contribution in [0.4, 0.5) is 5.82 Å². The number of rotatable bonds is 3. The molecular weight excluding hydrogens is 304 g/mol. The van der Waals surface area contributed by atoms with Crippen molar-refractivity contribution in [2.24, 2.45) is 0 Å². The fourth-order valence-corrected chi connectivity index (χ4v) is 2.99. The van der Waals surface area contributed by atoms with Crippen molar-refractivity contribution in [1.29, 1.82) is 0 Å². The van der Waals surface area contributed by atoms with Gasteiger partial charge >= 0.3 is 0 Å². The highest BCUT2D eigenvalue weighted by atomic mass is 79.9. The Morgan fingerprint density at radius 2 is 2.12 bits per heavy atom. The number of nitrogens with zero attached hydrogens (tertiary/aromatic N) is 1. The van der Waals surface area contributed by atoms with Crippen LogP contribution in [0.1, 0.15) is 32.1 Å². The highest BCUT2D eigenvalue weighted by molar-refractivity contribution is 9.10. The summed E-state index contributed by atoms with van der Waals surface area (Å²) in [5.74, 6) is 0.658. The van der Waals surface area contributed by atoms with Gasteiger partial charge in [0.2, 0.25) is 0 Å². The molecule has 0 unspecified atom stereocenters. The van der Waals surface area contributed by atoms with Crippen LogP contribution in [-0.4, -0.2) is 22.2 Å². The molecule has 17 heavy (non-hydrogen) atoms. The zero-order chi connectivity index (χ0) is 12.3. The van der Waals surface area contributed by atoms with Crippen LogP contribution in [0.25, 0.3) is 0 Å². The molecule has 1 aliphatic carbocycles. The van der Waals surface area contributed by atoms with E-state index in [4.69, 9.17) is 11.6 Å². The Hall–Kier alpha value is -0.320. The topological polar surface area (TPSA) is 45.1 Å². The molecule has 1 aromatic rings. The Morgan fingerprint density at radius 1 is 1.41 bits per heavy atom. The summed E-state index contributed by atoms with van der Waals surface area (Å²) in [4.78, 5) is 4.26. The van der Waals surface area contributed by atoms with E-state index in [-0.39, 0.29) is 12.1 Å². The zero-order valence-corrected chi connectivity index (χ0v) is 11.9. The molecule has 0 aliphatic heterocycles. The van der Waals surface area contributed by atoms with Crippen molar-refractivity contribution >= 4 is 33.3 Å². The molecule has 3 nitrogen and oxygen atoms in total. The minimum absolute atomic E-state index is 0.126. The molecule has 1 aliphatic rings. The molecule has 0 atom stereocenters. The summed E-state index contributed by atoms with van der Waals surface area (Å²) >= 11 is 9.46. The molecule has 0 radical (unpaired) electrons. The third-order valence-corrected chi connectivity index (χ3v) is 4.03. The fourth-order valence-electron chi connectivity index (χ4n) is 2.31. The number of aliphatic hydroxyl groups is 1. The minimum Gasteiger partial charge on any atom is -0.394 e. The molecular formula is C12H16BrClN2O. The number of pyridine rings is 1. The van der Waals surface area contributed by atoms with Gasteiger partial charge in [0.1, 0.15) is 5.82 Å². The lowest BCUT2D eigenvalue weighted by Crippen LogP contribution is -2.44. The van der Waals surface area contributed by atoms with Gasteiger partial charge in [-0.25, -0.2) is 4.98 Å². The molecule has 5 heteroatoms. The predicted molar refractivity (Wildman–Crippen MR) is 73.5 cm³/mol. The second-order valence-corrected chi connectivity index (χ2v) is 5.93. The summed E-state index contributed by atoms with van der Waals surface area (Å²) in [7, 11) is 0. The SMILES string of the molecule is OCC1(Nc2ncc(Br)cc2Cl)CCCCC1. The van der Waals surface area contributed by atoms with E-state index >= 15 is 0 Å². The fraction of sp³-hybridized carbons (Fsp3) is 0.583. The van der Waals surface area contributed by atoms with E-state index in [2.05, 4.69) is 26.2 Å². The summed E-state index contributed by atoms with van der Waals surface area (Å²) in [6, 6.07) is 1.81. The summed E-state index contributed by atoms with van der Waals surface area (Å²) in [6.07, 6.45) is 7.17. The summed E-state index contributed by atoms with van der Waals surface area (Å²) in [6.45, 7) is 0.126. The summed E-state index contributed by atoms with van der Waals surface area (Å²) in [5, 5.41) is 13.5. The average molecular weight is 320 g/mol. The number of anilines is 1. The minimum atomic E-state index is -0.247. The van der Waals surface area contributed by atoms with Crippen LogP contribution in [-0.2, 0) is 0 Å². The third kappa shape index (κ3) is 3.12. The number of hydrogen-bond donors (Lipinski definition) is 2. The van der Waals surface area contributed by atoms with E-state index < -0.39 is 0 Å². The predicted octanol–water partition coefficient (Wildman–Crippen LogP) is 3.60. The molecule has 0 amide bonds. The van der Waals surface area contributed by atoms with Crippen LogP contribution in [0.5, 0.6) is 0 Å². The number of aromatic nitrogens is 1. The first-order chi connectivity index (χ1) is 8.15. The van der Waals surface area contributed by atoms with E-state index in [1.165, 1.54) is 6.42 Å². The van der Waals surface area contributed by atoms with Gasteiger partial charge in [-0.3, -0.25) is 0 Å². The maximum absolute atomic E-state index is 9.61. The van der Waals surface area contributed by atoms with Crippen LogP contribution in [0, 0.1) is 0 Å². The van der Waals surface area contributed by atoms with Gasteiger partial charge < -0.3 is 10.4 Å². The average Bonchev–Trinajstić information content (AvgIpc) is 2.34. The summed E-state index contributed by atoms with van der Waals surface area (Å²) in [5.41, 5.74) is -0.247. The van der Waals surface area contributed by atoms with E-state index in [0.717, 1.165) is 30.2 Å². The summed E-state index contributed by atoms with van der Waals surface area (Å²) < 4.78 is 0.856. The first-order valence-corrected chi connectivity index (χ1v) is 7.02. The third-order valence-electron chi connectivity index (χ3n) is 3.30. The molecule has 0 spiro atoms. The van der Waals surface area contributed by atoms with Crippen LogP contribution in [0.2, 0.25) is 5.02 Å². The molecule has 1 aromatic heterocycles. The van der Waals surface area contributed by atoms with Crippen molar-refractivity contribution < 1.29 is 5.11 Å². The quantitative estimate of drug-likeness (QED) is 0.894. The smallest absolute Gasteiger partial charge is 0.145 e. The van der Waals surface area contributed by atoms with Gasteiger partial charge in [-0.15, -0.1) is 0 Å². The Labute approximate surface area is 115 Å². The van der Waals surface area contributed by atoms with Gasteiger partial charge in [-0.1, -0.05) is 30.9 Å². The Balaban J connectivity index is 2.17. The van der Waals surface area contributed by atoms with Gasteiger partial charge in [0.15, 0.2) is 0 Å². The van der Waals surface area contributed by atoms with E-state index in [1.54, 1.807) is 6.20 Å². The molecule has 0 saturated heterocycles. The lowest BCUT2D eigenvalue weighted by atomic mass is 9.82. The Kier molecular flexibility index (Phi) is 4.28. The number of nitrogens with one attached hydrogen (secondary N) is 1. The van der Waals surface area contributed by atoms with Gasteiger partial charge in [0.25, 0.3) is 0 Å². The first kappa shape index (κ1) is 13.1. The lowest BCUT2D eigenvalue weighted by molar-refractivity contribution is 0.172. The molecule has 2 rings (SSSR count). The van der Waals surface area contributed by atoms with Crippen LogP contribution in [0.3, 0.4) is 0 Å². The van der Waals surface area contributed by atoms with E-state index in [0.29, 0.717) is 10.8 Å². The number of halogens is 2. The van der Waals surface area contributed by atoms with Crippen molar-refractivity contribution in [3.8, 4) is 0 Å². The van der Waals surface area contributed by atoms with Crippen molar-refractivity contribution in [1.82, 2.24) is 4.98 Å². The van der Waals surface area contributed by atoms with Crippen molar-refractivity contribution in [2.45, 2.75) is 37.6 Å². The molecule has 2 N–H and O–H groups in total. The normalized spacial score (nSPS) is 19.0. The molecule has 1 heterocycles. The molecule has 94 valence electrons. The number of hydrogen-bond acceptors (Lipinski definition) is 3. The molecule has 0 bridgehead atoms. The maximum Gasteiger partial charge on any atom is 0.145 e. The van der Waals surface area contributed by atoms with E-state index in [1.807, 2.05) is 6.07 Å². The van der Waals surface area contributed by atoms with Crippen molar-refractivity contribution in [3.05, 3.63) is 21.8 Å². The zero-order valence-electron chi connectivity index (χ0n) is 9.55. The van der Waals surface area contributed by atoms with Gasteiger partial charge in [-0.05, 0) is 34.8 Å². The van der Waals surface area contributed by atoms with Gasteiger partial charge in [0.05, 0.1) is 17.2 Å². The first-order valence-electron chi connectivity index (χ1n) is 5.85. The second-order valence-electron chi connectivity index (χ2n) is 4.61. The molecule has 1 saturated carbocycles. The second kappa shape index (κ2) is 5.55. The van der Waals surface area contributed by atoms with Gasteiger partial charge in [-0.2, -0.15) is 0 Å². The molecule has 1 fully saturated rings. The van der Waals surface area contributed by atoms with E-state index in [9.17, 15) is 5.11 Å². The Bertz CT molecular complexity index is 394. The highest BCUT2D eigenvalue weighted by Gasteiger charge is 2.32. The van der Waals surface area contributed by atoms with Crippen LogP contribution in [0.15, 0.2) is 16.7 Å². The Morgan fingerprint density at radius 3 is 2.71 bits per heavy atom. The van der Waals surface area contributed by atoms with Crippen LogP contribution < -0.4 is 5.32 Å². The largest absolute Gasteiger partial charge is 0.394 e. The van der Waals surface area contributed by atoms with Gasteiger partial charge in [0, 0.05) is 10.7 Å². The van der Waals surface area contributed by atoms with Crippen molar-refractivity contribution in [3.63, 3.8) is 0 Å². The highest BCUT2D eigenvalue weighted by Crippen LogP contribution is 2.33.